The lowest BCUT2D eigenvalue weighted by Crippen LogP contribution is -2.23. The molecule has 0 fully saturated rings. The summed E-state index contributed by atoms with van der Waals surface area (Å²) in [5.41, 5.74) is 2.76. The first-order valence-electron chi connectivity index (χ1n) is 6.70. The van der Waals surface area contributed by atoms with E-state index in [1.165, 1.54) is 16.0 Å². The SMILES string of the molecule is CNC1c2cc(OC)ccc2CC1Sc1cnn(C)c1. The number of ether oxygens (including phenoxy) is 1. The zero-order valence-electron chi connectivity index (χ0n) is 12.0. The summed E-state index contributed by atoms with van der Waals surface area (Å²) >= 11 is 1.89. The van der Waals surface area contributed by atoms with Crippen molar-refractivity contribution in [2.75, 3.05) is 14.2 Å². The second-order valence-electron chi connectivity index (χ2n) is 5.04. The molecule has 1 aromatic heterocycles. The summed E-state index contributed by atoms with van der Waals surface area (Å²) in [6, 6.07) is 6.73. The van der Waals surface area contributed by atoms with Gasteiger partial charge >= 0.3 is 0 Å². The molecule has 1 aliphatic carbocycles. The number of thioether (sulfide) groups is 1. The third kappa shape index (κ3) is 2.43. The summed E-state index contributed by atoms with van der Waals surface area (Å²) in [4.78, 5) is 1.22. The molecule has 1 aliphatic rings. The predicted molar refractivity (Wildman–Crippen MR) is 81.4 cm³/mol. The fourth-order valence-electron chi connectivity index (χ4n) is 2.80. The topological polar surface area (TPSA) is 39.1 Å². The number of aromatic nitrogens is 2. The van der Waals surface area contributed by atoms with Gasteiger partial charge in [-0.05, 0) is 36.7 Å². The van der Waals surface area contributed by atoms with E-state index in [1.54, 1.807) is 7.11 Å². The molecule has 0 bridgehead atoms. The fourth-order valence-corrected chi connectivity index (χ4v) is 4.15. The van der Waals surface area contributed by atoms with Crippen molar-refractivity contribution in [1.82, 2.24) is 15.1 Å². The maximum Gasteiger partial charge on any atom is 0.119 e. The second kappa shape index (κ2) is 5.50. The molecule has 0 saturated heterocycles. The van der Waals surface area contributed by atoms with Gasteiger partial charge < -0.3 is 10.1 Å². The van der Waals surface area contributed by atoms with Gasteiger partial charge in [0.05, 0.1) is 13.3 Å². The molecule has 3 rings (SSSR count). The van der Waals surface area contributed by atoms with Crippen LogP contribution in [0.25, 0.3) is 0 Å². The predicted octanol–water partition coefficient (Wildman–Crippen LogP) is 2.41. The molecule has 5 heteroatoms. The van der Waals surface area contributed by atoms with Crippen LogP contribution in [0.5, 0.6) is 5.75 Å². The van der Waals surface area contributed by atoms with Crippen LogP contribution in [0, 0.1) is 0 Å². The quantitative estimate of drug-likeness (QED) is 0.938. The molecule has 1 aromatic carbocycles. The summed E-state index contributed by atoms with van der Waals surface area (Å²) < 4.78 is 7.19. The molecular formula is C15H19N3OS. The van der Waals surface area contributed by atoms with E-state index in [9.17, 15) is 0 Å². The highest BCUT2D eigenvalue weighted by atomic mass is 32.2. The van der Waals surface area contributed by atoms with Crippen LogP contribution in [0.4, 0.5) is 0 Å². The molecule has 2 unspecified atom stereocenters. The zero-order chi connectivity index (χ0) is 14.1. The first-order valence-corrected chi connectivity index (χ1v) is 7.58. The Morgan fingerprint density at radius 1 is 1.45 bits per heavy atom. The number of benzene rings is 1. The van der Waals surface area contributed by atoms with E-state index in [4.69, 9.17) is 4.74 Å². The van der Waals surface area contributed by atoms with Gasteiger partial charge in [-0.25, -0.2) is 0 Å². The van der Waals surface area contributed by atoms with Crippen LogP contribution < -0.4 is 10.1 Å². The highest BCUT2D eigenvalue weighted by Crippen LogP contribution is 2.42. The highest BCUT2D eigenvalue weighted by molar-refractivity contribution is 8.00. The van der Waals surface area contributed by atoms with Gasteiger partial charge in [-0.1, -0.05) is 6.07 Å². The number of aryl methyl sites for hydroxylation is 1. The van der Waals surface area contributed by atoms with Crippen LogP contribution in [0.1, 0.15) is 17.2 Å². The fraction of sp³-hybridized carbons (Fsp3) is 0.400. The standard InChI is InChI=1S/C15H19N3OS/c1-16-15-13-7-11(19-3)5-4-10(13)6-14(15)20-12-8-17-18(2)9-12/h4-5,7-9,14-16H,6H2,1-3H3. The van der Waals surface area contributed by atoms with Crippen molar-refractivity contribution < 1.29 is 4.74 Å². The van der Waals surface area contributed by atoms with E-state index in [0.717, 1.165) is 12.2 Å². The summed E-state index contributed by atoms with van der Waals surface area (Å²) in [6.45, 7) is 0. The number of hydrogen-bond donors (Lipinski definition) is 1. The zero-order valence-corrected chi connectivity index (χ0v) is 12.8. The number of nitrogens with zero attached hydrogens (tertiary/aromatic N) is 2. The molecule has 1 N–H and O–H groups in total. The smallest absolute Gasteiger partial charge is 0.119 e. The van der Waals surface area contributed by atoms with Gasteiger partial charge in [0.15, 0.2) is 0 Å². The second-order valence-corrected chi connectivity index (χ2v) is 6.35. The molecule has 0 aliphatic heterocycles. The van der Waals surface area contributed by atoms with Crippen molar-refractivity contribution in [3.63, 3.8) is 0 Å². The lowest BCUT2D eigenvalue weighted by molar-refractivity contribution is 0.413. The number of rotatable bonds is 4. The number of hydrogen-bond acceptors (Lipinski definition) is 4. The largest absolute Gasteiger partial charge is 0.497 e. The van der Waals surface area contributed by atoms with E-state index in [1.807, 2.05) is 42.8 Å². The lowest BCUT2D eigenvalue weighted by atomic mass is 10.1. The van der Waals surface area contributed by atoms with Gasteiger partial charge in [-0.3, -0.25) is 4.68 Å². The van der Waals surface area contributed by atoms with Crippen molar-refractivity contribution in [1.29, 1.82) is 0 Å². The van der Waals surface area contributed by atoms with E-state index < -0.39 is 0 Å². The Morgan fingerprint density at radius 2 is 2.30 bits per heavy atom. The average molecular weight is 289 g/mol. The first-order chi connectivity index (χ1) is 9.71. The summed E-state index contributed by atoms with van der Waals surface area (Å²) in [6.07, 6.45) is 5.08. The molecule has 0 saturated carbocycles. The van der Waals surface area contributed by atoms with Crippen molar-refractivity contribution in [2.45, 2.75) is 22.6 Å². The minimum atomic E-state index is 0.352. The molecule has 20 heavy (non-hydrogen) atoms. The maximum absolute atomic E-state index is 5.34. The van der Waals surface area contributed by atoms with E-state index in [0.29, 0.717) is 11.3 Å². The third-order valence-corrected chi connectivity index (χ3v) is 4.99. The van der Waals surface area contributed by atoms with Crippen molar-refractivity contribution >= 4 is 11.8 Å². The van der Waals surface area contributed by atoms with Crippen molar-refractivity contribution in [2.24, 2.45) is 7.05 Å². The Kier molecular flexibility index (Phi) is 3.72. The van der Waals surface area contributed by atoms with E-state index in [-0.39, 0.29) is 0 Å². The van der Waals surface area contributed by atoms with Crippen LogP contribution in [0.2, 0.25) is 0 Å². The van der Waals surface area contributed by atoms with Crippen LogP contribution in [-0.4, -0.2) is 29.2 Å². The molecule has 0 radical (unpaired) electrons. The van der Waals surface area contributed by atoms with Gasteiger partial charge in [0.25, 0.3) is 0 Å². The minimum absolute atomic E-state index is 0.352. The Labute approximate surface area is 123 Å². The molecule has 0 spiro atoms. The lowest BCUT2D eigenvalue weighted by Gasteiger charge is -2.19. The van der Waals surface area contributed by atoms with E-state index in [2.05, 4.69) is 28.7 Å². The molecule has 0 amide bonds. The number of nitrogens with one attached hydrogen (secondary N) is 1. The summed E-state index contributed by atoms with van der Waals surface area (Å²) in [7, 11) is 5.69. The summed E-state index contributed by atoms with van der Waals surface area (Å²) in [5.74, 6) is 0.927. The normalized spacial score (nSPS) is 20.9. The molecule has 106 valence electrons. The minimum Gasteiger partial charge on any atom is -0.497 e. The van der Waals surface area contributed by atoms with Gasteiger partial charge in [-0.15, -0.1) is 11.8 Å². The maximum atomic E-state index is 5.34. The molecule has 1 heterocycles. The number of methoxy groups -OCH3 is 1. The van der Waals surface area contributed by atoms with E-state index >= 15 is 0 Å². The Balaban J connectivity index is 1.84. The Hall–Kier alpha value is -1.46. The molecule has 2 atom stereocenters. The summed E-state index contributed by atoms with van der Waals surface area (Å²) in [5, 5.41) is 8.18. The Bertz CT molecular complexity index is 611. The van der Waals surface area contributed by atoms with Crippen LogP contribution in [0.15, 0.2) is 35.5 Å². The first kappa shape index (κ1) is 13.5. The van der Waals surface area contributed by atoms with Crippen LogP contribution >= 0.6 is 11.8 Å². The highest BCUT2D eigenvalue weighted by Gasteiger charge is 2.32. The van der Waals surface area contributed by atoms with Crippen LogP contribution in [-0.2, 0) is 13.5 Å². The van der Waals surface area contributed by atoms with Crippen molar-refractivity contribution in [3.05, 3.63) is 41.7 Å². The number of fused-ring (bicyclic) bond motifs is 1. The monoisotopic (exact) mass is 289 g/mol. The van der Waals surface area contributed by atoms with Gasteiger partial charge in [0, 0.05) is 29.4 Å². The molecular weight excluding hydrogens is 270 g/mol. The van der Waals surface area contributed by atoms with Gasteiger partial charge in [0.2, 0.25) is 0 Å². The third-order valence-electron chi connectivity index (χ3n) is 3.76. The molecule has 4 nitrogen and oxygen atoms in total. The van der Waals surface area contributed by atoms with Crippen LogP contribution in [0.3, 0.4) is 0 Å². The van der Waals surface area contributed by atoms with Gasteiger partial charge in [0.1, 0.15) is 5.75 Å². The average Bonchev–Trinajstić information content (AvgIpc) is 3.01. The van der Waals surface area contributed by atoms with Gasteiger partial charge in [-0.2, -0.15) is 5.10 Å². The molecule has 2 aromatic rings. The van der Waals surface area contributed by atoms with Crippen molar-refractivity contribution in [3.8, 4) is 5.75 Å². The Morgan fingerprint density at radius 3 is 2.95 bits per heavy atom.